The number of fused-ring (bicyclic) bond motifs is 9. The van der Waals surface area contributed by atoms with Crippen LogP contribution in [0.15, 0.2) is 176 Å². The lowest BCUT2D eigenvalue weighted by Gasteiger charge is -2.40. The maximum atomic E-state index is 10.3. The number of benzene rings is 7. The summed E-state index contributed by atoms with van der Waals surface area (Å²) in [5, 5.41) is 10.3. The van der Waals surface area contributed by atoms with Crippen LogP contribution in [0.5, 0.6) is 11.5 Å². The predicted molar refractivity (Wildman–Crippen MR) is 206 cm³/mol. The van der Waals surface area contributed by atoms with Crippen LogP contribution in [0.25, 0.3) is 56.2 Å². The summed E-state index contributed by atoms with van der Waals surface area (Å²) in [7, 11) is 0. The highest BCUT2D eigenvalue weighted by atomic mass is 16.5. The number of nitrogens with zero attached hydrogens (tertiary/aromatic N) is 3. The van der Waals surface area contributed by atoms with Gasteiger partial charge >= 0.3 is 0 Å². The third-order valence-corrected chi connectivity index (χ3v) is 10.4. The molecule has 1 unspecified atom stereocenters. The van der Waals surface area contributed by atoms with Gasteiger partial charge in [-0.3, -0.25) is 0 Å². The quantitative estimate of drug-likeness (QED) is 0.188. The van der Waals surface area contributed by atoms with Gasteiger partial charge in [-0.1, -0.05) is 158 Å². The molecule has 2 heterocycles. The van der Waals surface area contributed by atoms with Crippen molar-refractivity contribution in [3.8, 4) is 73.7 Å². The van der Waals surface area contributed by atoms with E-state index in [0.29, 0.717) is 11.4 Å². The summed E-state index contributed by atoms with van der Waals surface area (Å²) in [6, 6.07) is 62.8. The van der Waals surface area contributed by atoms with E-state index in [2.05, 4.69) is 115 Å². The van der Waals surface area contributed by atoms with Crippen molar-refractivity contribution in [1.29, 1.82) is 5.26 Å². The normalized spacial score (nSPS) is 14.8. The minimum absolute atomic E-state index is 0.651. The van der Waals surface area contributed by atoms with Crippen molar-refractivity contribution in [3.05, 3.63) is 204 Å². The Morgan fingerprint density at radius 3 is 1.77 bits per heavy atom. The summed E-state index contributed by atoms with van der Waals surface area (Å²) in [6.07, 6.45) is 0. The number of para-hydroxylation sites is 2. The molecule has 1 aliphatic carbocycles. The molecule has 1 spiro atoms. The number of ether oxygens (including phenoxy) is 1. The molecule has 8 aromatic rings. The van der Waals surface area contributed by atoms with Crippen molar-refractivity contribution >= 4 is 0 Å². The molecular weight excluding hydrogens is 635 g/mol. The Labute approximate surface area is 301 Å². The highest BCUT2D eigenvalue weighted by Gasteiger charge is 2.52. The molecule has 0 radical (unpaired) electrons. The molecule has 1 aromatic heterocycles. The Bertz CT molecular complexity index is 2660. The first-order chi connectivity index (χ1) is 25.7. The summed E-state index contributed by atoms with van der Waals surface area (Å²) < 4.78 is 6.90. The largest absolute Gasteiger partial charge is 0.456 e. The highest BCUT2D eigenvalue weighted by molar-refractivity contribution is 5.92. The van der Waals surface area contributed by atoms with Crippen LogP contribution in [0.3, 0.4) is 0 Å². The summed E-state index contributed by atoms with van der Waals surface area (Å²) in [4.78, 5) is 10.0. The molecule has 1 atom stereocenters. The van der Waals surface area contributed by atoms with Crippen molar-refractivity contribution in [1.82, 2.24) is 9.97 Å². The van der Waals surface area contributed by atoms with Crippen molar-refractivity contribution in [2.75, 3.05) is 0 Å². The molecular formula is C48H29N3O. The van der Waals surface area contributed by atoms with Crippen molar-refractivity contribution in [2.24, 2.45) is 0 Å². The first-order valence-corrected chi connectivity index (χ1v) is 17.4. The van der Waals surface area contributed by atoms with Gasteiger partial charge in [0.25, 0.3) is 0 Å². The Morgan fingerprint density at radius 2 is 1.02 bits per heavy atom. The van der Waals surface area contributed by atoms with Crippen LogP contribution < -0.4 is 4.74 Å². The predicted octanol–water partition coefficient (Wildman–Crippen LogP) is 11.5. The summed E-state index contributed by atoms with van der Waals surface area (Å²) >= 11 is 0. The number of rotatable bonds is 4. The van der Waals surface area contributed by atoms with Crippen LogP contribution in [0.4, 0.5) is 0 Å². The Morgan fingerprint density at radius 1 is 0.462 bits per heavy atom. The Balaban J connectivity index is 1.14. The van der Waals surface area contributed by atoms with Gasteiger partial charge in [-0.15, -0.1) is 0 Å². The summed E-state index contributed by atoms with van der Waals surface area (Å²) in [5.41, 5.74) is 13.3. The van der Waals surface area contributed by atoms with E-state index in [9.17, 15) is 5.26 Å². The van der Waals surface area contributed by atoms with Crippen LogP contribution in [-0.2, 0) is 5.41 Å². The van der Waals surface area contributed by atoms with E-state index in [1.807, 2.05) is 66.7 Å². The van der Waals surface area contributed by atoms with Gasteiger partial charge in [-0.05, 0) is 40.5 Å². The zero-order valence-electron chi connectivity index (χ0n) is 28.0. The second kappa shape index (κ2) is 11.8. The van der Waals surface area contributed by atoms with E-state index in [1.165, 1.54) is 0 Å². The van der Waals surface area contributed by atoms with Gasteiger partial charge in [0.2, 0.25) is 0 Å². The van der Waals surface area contributed by atoms with E-state index in [1.54, 1.807) is 0 Å². The maximum Gasteiger partial charge on any atom is 0.160 e. The average Bonchev–Trinajstić information content (AvgIpc) is 3.52. The monoisotopic (exact) mass is 663 g/mol. The zero-order valence-corrected chi connectivity index (χ0v) is 28.0. The topological polar surface area (TPSA) is 58.8 Å². The van der Waals surface area contributed by atoms with Crippen LogP contribution in [0.2, 0.25) is 0 Å². The first kappa shape index (κ1) is 29.8. The fourth-order valence-electron chi connectivity index (χ4n) is 8.18. The van der Waals surface area contributed by atoms with Gasteiger partial charge in [0, 0.05) is 38.9 Å². The lowest BCUT2D eigenvalue weighted by molar-refractivity contribution is 0.438. The molecule has 4 heteroatoms. The fourth-order valence-corrected chi connectivity index (χ4v) is 8.18. The average molecular weight is 664 g/mol. The van der Waals surface area contributed by atoms with Gasteiger partial charge in [0.1, 0.15) is 11.5 Å². The number of aromatic nitrogens is 2. The van der Waals surface area contributed by atoms with Crippen molar-refractivity contribution < 1.29 is 4.74 Å². The minimum Gasteiger partial charge on any atom is -0.456 e. The van der Waals surface area contributed by atoms with E-state index < -0.39 is 5.41 Å². The van der Waals surface area contributed by atoms with E-state index in [0.717, 1.165) is 84.1 Å². The molecule has 0 saturated heterocycles. The van der Waals surface area contributed by atoms with E-state index >= 15 is 0 Å². The van der Waals surface area contributed by atoms with Crippen molar-refractivity contribution in [2.45, 2.75) is 5.41 Å². The fraction of sp³-hybridized carbons (Fsp3) is 0.0208. The third-order valence-electron chi connectivity index (χ3n) is 10.4. The van der Waals surface area contributed by atoms with Crippen LogP contribution >= 0.6 is 0 Å². The van der Waals surface area contributed by atoms with E-state index in [4.69, 9.17) is 14.7 Å². The second-order valence-electron chi connectivity index (χ2n) is 13.2. The van der Waals surface area contributed by atoms with Gasteiger partial charge in [-0.2, -0.15) is 5.26 Å². The number of hydrogen-bond donors (Lipinski definition) is 0. The van der Waals surface area contributed by atoms with Crippen LogP contribution in [0.1, 0.15) is 27.8 Å². The molecule has 1 aliphatic heterocycles. The lowest BCUT2D eigenvalue weighted by Crippen LogP contribution is -2.32. The summed E-state index contributed by atoms with van der Waals surface area (Å²) in [5.74, 6) is 2.32. The Kier molecular flexibility index (Phi) is 6.74. The van der Waals surface area contributed by atoms with Gasteiger partial charge < -0.3 is 4.74 Å². The highest BCUT2D eigenvalue weighted by Crippen LogP contribution is 2.63. The molecule has 0 bridgehead atoms. The molecule has 0 N–H and O–H groups in total. The Hall–Kier alpha value is -7.09. The third kappa shape index (κ3) is 4.40. The summed E-state index contributed by atoms with van der Waals surface area (Å²) in [6.45, 7) is 0. The molecule has 7 aromatic carbocycles. The minimum atomic E-state index is -0.651. The molecule has 10 rings (SSSR count). The van der Waals surface area contributed by atoms with Gasteiger partial charge in [-0.25, -0.2) is 9.97 Å². The smallest absolute Gasteiger partial charge is 0.160 e. The standard InChI is InChI=1S/C48H29N3O/c49-30-35-17-11-22-40-45(35)37-18-7-8-20-38(37)48(40)39-21-9-10-24-44(39)52-46-36(19-12-23-41(46)48)31-25-27-33(28-26-31)43-29-42(32-13-3-1-4-14-32)50-47(51-43)34-15-5-2-6-16-34/h1-29H. The first-order valence-electron chi connectivity index (χ1n) is 17.4. The molecule has 0 saturated carbocycles. The zero-order chi connectivity index (χ0) is 34.6. The molecule has 2 aliphatic rings. The molecule has 0 fully saturated rings. The molecule has 52 heavy (non-hydrogen) atoms. The van der Waals surface area contributed by atoms with Crippen molar-refractivity contribution in [3.63, 3.8) is 0 Å². The van der Waals surface area contributed by atoms with Crippen LogP contribution in [0, 0.1) is 11.3 Å². The van der Waals surface area contributed by atoms with Gasteiger partial charge in [0.15, 0.2) is 5.82 Å². The van der Waals surface area contributed by atoms with E-state index in [-0.39, 0.29) is 0 Å². The van der Waals surface area contributed by atoms with Crippen LogP contribution in [-0.4, -0.2) is 9.97 Å². The maximum absolute atomic E-state index is 10.3. The molecule has 4 nitrogen and oxygen atoms in total. The number of hydrogen-bond acceptors (Lipinski definition) is 4. The van der Waals surface area contributed by atoms with Gasteiger partial charge in [0.05, 0.1) is 28.4 Å². The number of nitriles is 1. The SMILES string of the molecule is N#Cc1cccc2c1-c1ccccc1C21c2ccccc2Oc2c(-c3ccc(-c4cc(-c5ccccc5)nc(-c5ccccc5)n4)cc3)cccc21. The molecule has 0 amide bonds. The molecule has 242 valence electrons. The lowest BCUT2D eigenvalue weighted by atomic mass is 9.65. The second-order valence-corrected chi connectivity index (χ2v) is 13.2.